The number of carbonyl (C=O) groups excluding carboxylic acids is 1. The number of alkyl halides is 1. The van der Waals surface area contributed by atoms with E-state index in [0.29, 0.717) is 5.92 Å². The number of para-hydroxylation sites is 1. The van der Waals surface area contributed by atoms with Gasteiger partial charge in [-0.05, 0) is 37.3 Å². The minimum Gasteiger partial charge on any atom is -0.338 e. The van der Waals surface area contributed by atoms with E-state index in [1.54, 1.807) is 6.20 Å². The van der Waals surface area contributed by atoms with E-state index in [1.807, 2.05) is 35.2 Å². The molecule has 0 N–H and O–H groups in total. The van der Waals surface area contributed by atoms with Crippen LogP contribution < -0.4 is 0 Å². The first-order chi connectivity index (χ1) is 10.3. The zero-order valence-electron chi connectivity index (χ0n) is 12.0. The maximum Gasteiger partial charge on any atom is 0.256 e. The first-order valence-electron chi connectivity index (χ1n) is 7.48. The van der Waals surface area contributed by atoms with Gasteiger partial charge in [0, 0.05) is 30.0 Å². The average Bonchev–Trinajstić information content (AvgIpc) is 2.54. The summed E-state index contributed by atoms with van der Waals surface area (Å²) in [7, 11) is 0. The second-order valence-electron chi connectivity index (χ2n) is 5.62. The van der Waals surface area contributed by atoms with Crippen molar-refractivity contribution in [1.82, 2.24) is 9.88 Å². The number of hydrogen-bond donors (Lipinski definition) is 0. The van der Waals surface area contributed by atoms with E-state index in [1.165, 1.54) is 6.42 Å². The maximum atomic E-state index is 12.8. The highest BCUT2D eigenvalue weighted by Crippen LogP contribution is 2.24. The molecule has 1 fully saturated rings. The number of rotatable bonds is 3. The number of likely N-dealkylation sites (tertiary alicyclic amines) is 1. The summed E-state index contributed by atoms with van der Waals surface area (Å²) in [5.41, 5.74) is 1.54. The molecule has 1 aromatic carbocycles. The number of nitrogens with zero attached hydrogens (tertiary/aromatic N) is 2. The van der Waals surface area contributed by atoms with E-state index < -0.39 is 0 Å². The van der Waals surface area contributed by atoms with Crippen LogP contribution in [0.4, 0.5) is 0 Å². The summed E-state index contributed by atoms with van der Waals surface area (Å²) in [6.07, 6.45) is 5.21. The molecule has 0 saturated carbocycles. The number of halogens is 1. The molecule has 1 unspecified atom stereocenters. The Hall–Kier alpha value is -1.42. The summed E-state index contributed by atoms with van der Waals surface area (Å²) in [5.74, 6) is 0.739. The normalized spacial score (nSPS) is 18.9. The van der Waals surface area contributed by atoms with Crippen LogP contribution in [-0.2, 0) is 0 Å². The van der Waals surface area contributed by atoms with Crippen molar-refractivity contribution in [3.05, 3.63) is 42.1 Å². The second-order valence-corrected chi connectivity index (χ2v) is 6.41. The van der Waals surface area contributed by atoms with Crippen LogP contribution in [0.3, 0.4) is 0 Å². The van der Waals surface area contributed by atoms with Crippen molar-refractivity contribution in [2.75, 3.05) is 18.4 Å². The second kappa shape index (κ2) is 6.56. The molecule has 2 heterocycles. The fourth-order valence-electron chi connectivity index (χ4n) is 3.09. The molecule has 0 bridgehead atoms. The van der Waals surface area contributed by atoms with Crippen molar-refractivity contribution in [1.29, 1.82) is 0 Å². The largest absolute Gasteiger partial charge is 0.338 e. The van der Waals surface area contributed by atoms with Crippen molar-refractivity contribution >= 4 is 32.7 Å². The SMILES string of the molecule is O=C(c1cccc2cccnc12)N1CCCC(CCBr)C1. The number of aromatic nitrogens is 1. The molecule has 1 aromatic heterocycles. The molecule has 21 heavy (non-hydrogen) atoms. The minimum atomic E-state index is 0.124. The lowest BCUT2D eigenvalue weighted by Crippen LogP contribution is -2.40. The van der Waals surface area contributed by atoms with E-state index >= 15 is 0 Å². The highest BCUT2D eigenvalue weighted by atomic mass is 79.9. The summed E-state index contributed by atoms with van der Waals surface area (Å²) in [6, 6.07) is 9.75. The predicted octanol–water partition coefficient (Wildman–Crippen LogP) is 3.87. The standard InChI is InChI=1S/C17H19BrN2O/c18-9-8-13-4-3-11-20(12-13)17(21)15-7-1-5-14-6-2-10-19-16(14)15/h1-2,5-7,10,13H,3-4,8-9,11-12H2. The van der Waals surface area contributed by atoms with E-state index in [-0.39, 0.29) is 5.91 Å². The van der Waals surface area contributed by atoms with Crippen LogP contribution in [0.5, 0.6) is 0 Å². The van der Waals surface area contributed by atoms with Crippen LogP contribution in [0, 0.1) is 5.92 Å². The molecule has 3 nitrogen and oxygen atoms in total. The number of piperidine rings is 1. The minimum absolute atomic E-state index is 0.124. The average molecular weight is 347 g/mol. The summed E-state index contributed by atoms with van der Waals surface area (Å²) < 4.78 is 0. The molecule has 4 heteroatoms. The van der Waals surface area contributed by atoms with Gasteiger partial charge >= 0.3 is 0 Å². The first-order valence-corrected chi connectivity index (χ1v) is 8.60. The van der Waals surface area contributed by atoms with Gasteiger partial charge in [0.2, 0.25) is 0 Å². The Kier molecular flexibility index (Phi) is 4.54. The highest BCUT2D eigenvalue weighted by Gasteiger charge is 2.25. The molecule has 2 aromatic rings. The predicted molar refractivity (Wildman–Crippen MR) is 88.8 cm³/mol. The molecule has 110 valence electrons. The fourth-order valence-corrected chi connectivity index (χ4v) is 3.73. The van der Waals surface area contributed by atoms with Crippen molar-refractivity contribution in [2.24, 2.45) is 5.92 Å². The smallest absolute Gasteiger partial charge is 0.256 e. The number of pyridine rings is 1. The van der Waals surface area contributed by atoms with Crippen LogP contribution >= 0.6 is 15.9 Å². The van der Waals surface area contributed by atoms with E-state index in [0.717, 1.165) is 47.7 Å². The Morgan fingerprint density at radius 1 is 1.33 bits per heavy atom. The van der Waals surface area contributed by atoms with Crippen molar-refractivity contribution in [3.63, 3.8) is 0 Å². The lowest BCUT2D eigenvalue weighted by atomic mass is 9.95. The summed E-state index contributed by atoms with van der Waals surface area (Å²) in [6.45, 7) is 1.73. The highest BCUT2D eigenvalue weighted by molar-refractivity contribution is 9.09. The quantitative estimate of drug-likeness (QED) is 0.790. The van der Waals surface area contributed by atoms with Crippen molar-refractivity contribution < 1.29 is 4.79 Å². The zero-order valence-corrected chi connectivity index (χ0v) is 13.6. The van der Waals surface area contributed by atoms with Gasteiger partial charge in [-0.3, -0.25) is 9.78 Å². The number of carbonyl (C=O) groups is 1. The number of hydrogen-bond acceptors (Lipinski definition) is 2. The van der Waals surface area contributed by atoms with E-state index in [2.05, 4.69) is 20.9 Å². The van der Waals surface area contributed by atoms with Crippen molar-refractivity contribution in [2.45, 2.75) is 19.3 Å². The van der Waals surface area contributed by atoms with Crippen LogP contribution in [0.2, 0.25) is 0 Å². The molecule has 1 amide bonds. The maximum absolute atomic E-state index is 12.8. The lowest BCUT2D eigenvalue weighted by Gasteiger charge is -2.32. The monoisotopic (exact) mass is 346 g/mol. The fraction of sp³-hybridized carbons (Fsp3) is 0.412. The van der Waals surface area contributed by atoms with Gasteiger partial charge in [-0.2, -0.15) is 0 Å². The van der Waals surface area contributed by atoms with E-state index in [9.17, 15) is 4.79 Å². The number of amides is 1. The van der Waals surface area contributed by atoms with Gasteiger partial charge in [-0.25, -0.2) is 0 Å². The molecule has 1 atom stereocenters. The number of fused-ring (bicyclic) bond motifs is 1. The molecular weight excluding hydrogens is 328 g/mol. The van der Waals surface area contributed by atoms with Crippen LogP contribution in [-0.4, -0.2) is 34.2 Å². The Balaban J connectivity index is 1.86. The zero-order chi connectivity index (χ0) is 14.7. The third kappa shape index (κ3) is 3.10. The summed E-state index contributed by atoms with van der Waals surface area (Å²) >= 11 is 3.51. The summed E-state index contributed by atoms with van der Waals surface area (Å²) in [4.78, 5) is 19.2. The molecule has 0 radical (unpaired) electrons. The number of benzene rings is 1. The van der Waals surface area contributed by atoms with Crippen LogP contribution in [0.15, 0.2) is 36.5 Å². The van der Waals surface area contributed by atoms with Gasteiger partial charge in [-0.1, -0.05) is 34.1 Å². The molecule has 1 aliphatic rings. The van der Waals surface area contributed by atoms with Gasteiger partial charge in [0.25, 0.3) is 5.91 Å². The lowest BCUT2D eigenvalue weighted by molar-refractivity contribution is 0.0674. The van der Waals surface area contributed by atoms with Crippen molar-refractivity contribution in [3.8, 4) is 0 Å². The van der Waals surface area contributed by atoms with Gasteiger partial charge in [0.15, 0.2) is 0 Å². The molecule has 3 rings (SSSR count). The third-order valence-electron chi connectivity index (χ3n) is 4.19. The Bertz CT molecular complexity index is 636. The summed E-state index contributed by atoms with van der Waals surface area (Å²) in [5, 5.41) is 2.03. The Morgan fingerprint density at radius 3 is 3.05 bits per heavy atom. The van der Waals surface area contributed by atoms with Gasteiger partial charge < -0.3 is 4.90 Å². The van der Waals surface area contributed by atoms with E-state index in [4.69, 9.17) is 0 Å². The van der Waals surface area contributed by atoms with Crippen LogP contribution in [0.25, 0.3) is 10.9 Å². The Labute approximate surface area is 133 Å². The molecular formula is C17H19BrN2O. The third-order valence-corrected chi connectivity index (χ3v) is 4.64. The van der Waals surface area contributed by atoms with Crippen LogP contribution in [0.1, 0.15) is 29.6 Å². The van der Waals surface area contributed by atoms with Gasteiger partial charge in [0.1, 0.15) is 0 Å². The first kappa shape index (κ1) is 14.5. The van der Waals surface area contributed by atoms with Gasteiger partial charge in [0.05, 0.1) is 11.1 Å². The Morgan fingerprint density at radius 2 is 2.19 bits per heavy atom. The topological polar surface area (TPSA) is 33.2 Å². The molecule has 1 saturated heterocycles. The van der Waals surface area contributed by atoms with Gasteiger partial charge in [-0.15, -0.1) is 0 Å². The molecule has 0 spiro atoms. The molecule has 1 aliphatic heterocycles. The molecule has 0 aliphatic carbocycles.